The number of hydrogen-bond acceptors (Lipinski definition) is 4. The predicted octanol–water partition coefficient (Wildman–Crippen LogP) is 0.157. The van der Waals surface area contributed by atoms with Gasteiger partial charge in [-0.25, -0.2) is 4.79 Å². The van der Waals surface area contributed by atoms with Gasteiger partial charge in [-0.05, 0) is 38.4 Å². The molecule has 0 unspecified atom stereocenters. The van der Waals surface area contributed by atoms with Crippen LogP contribution in [0.3, 0.4) is 0 Å². The molecule has 0 radical (unpaired) electrons. The van der Waals surface area contributed by atoms with Gasteiger partial charge in [-0.15, -0.1) is 0 Å². The zero-order valence-corrected chi connectivity index (χ0v) is 12.5. The van der Waals surface area contributed by atoms with Crippen LogP contribution < -0.4 is 10.6 Å². The van der Waals surface area contributed by atoms with Crippen molar-refractivity contribution in [2.24, 2.45) is 7.05 Å². The molecule has 1 spiro atoms. The van der Waals surface area contributed by atoms with Crippen molar-refractivity contribution in [1.29, 1.82) is 0 Å². The fraction of sp³-hybridized carbons (Fsp3) is 0.643. The molecule has 0 saturated carbocycles. The Balaban J connectivity index is 1.80. The molecule has 3 heterocycles. The Kier molecular flexibility index (Phi) is 3.44. The predicted molar refractivity (Wildman–Crippen MR) is 76.5 cm³/mol. The average molecular weight is 291 g/mol. The Hall–Kier alpha value is -1.89. The lowest BCUT2D eigenvalue weighted by molar-refractivity contribution is -0.132. The molecule has 0 atom stereocenters. The van der Waals surface area contributed by atoms with Crippen molar-refractivity contribution in [3.63, 3.8) is 0 Å². The lowest BCUT2D eigenvalue weighted by Crippen LogP contribution is -2.53. The van der Waals surface area contributed by atoms with Crippen LogP contribution in [-0.4, -0.2) is 45.2 Å². The van der Waals surface area contributed by atoms with Gasteiger partial charge in [0.25, 0.3) is 5.91 Å². The highest BCUT2D eigenvalue weighted by Crippen LogP contribution is 2.28. The van der Waals surface area contributed by atoms with E-state index in [1.165, 1.54) is 4.90 Å². The molecule has 1 aromatic heterocycles. The molecule has 2 aliphatic rings. The number of rotatable bonds is 3. The first-order chi connectivity index (χ1) is 10.1. The van der Waals surface area contributed by atoms with E-state index in [9.17, 15) is 9.59 Å². The molecule has 1 aromatic rings. The monoisotopic (exact) mass is 291 g/mol. The van der Waals surface area contributed by atoms with Crippen molar-refractivity contribution in [2.45, 2.75) is 38.3 Å². The molecule has 114 valence electrons. The van der Waals surface area contributed by atoms with Crippen molar-refractivity contribution in [2.75, 3.05) is 13.1 Å². The van der Waals surface area contributed by atoms with Gasteiger partial charge in [-0.1, -0.05) is 6.92 Å². The maximum absolute atomic E-state index is 12.7. The van der Waals surface area contributed by atoms with E-state index >= 15 is 0 Å². The van der Waals surface area contributed by atoms with E-state index in [0.29, 0.717) is 12.8 Å². The number of hydrogen-bond donors (Lipinski definition) is 2. The number of urea groups is 1. The van der Waals surface area contributed by atoms with E-state index in [1.807, 2.05) is 20.0 Å². The van der Waals surface area contributed by atoms with Gasteiger partial charge in [0.15, 0.2) is 0 Å². The Labute approximate surface area is 123 Å². The summed E-state index contributed by atoms with van der Waals surface area (Å²) in [7, 11) is 1.84. The first-order valence-electron chi connectivity index (χ1n) is 7.42. The maximum Gasteiger partial charge on any atom is 0.325 e. The third-order valence-corrected chi connectivity index (χ3v) is 4.41. The van der Waals surface area contributed by atoms with E-state index in [-0.39, 0.29) is 18.5 Å². The third-order valence-electron chi connectivity index (χ3n) is 4.41. The number of aromatic nitrogens is 2. The molecule has 21 heavy (non-hydrogen) atoms. The summed E-state index contributed by atoms with van der Waals surface area (Å²) in [4.78, 5) is 26.2. The van der Waals surface area contributed by atoms with E-state index < -0.39 is 5.54 Å². The number of piperidine rings is 1. The first-order valence-corrected chi connectivity index (χ1v) is 7.42. The zero-order valence-electron chi connectivity index (χ0n) is 12.5. The van der Waals surface area contributed by atoms with Crippen LogP contribution in [0.1, 0.15) is 31.2 Å². The Bertz CT molecular complexity index is 574. The molecule has 2 saturated heterocycles. The maximum atomic E-state index is 12.7. The van der Waals surface area contributed by atoms with E-state index in [1.54, 1.807) is 4.68 Å². The quantitative estimate of drug-likeness (QED) is 0.777. The van der Waals surface area contributed by atoms with Crippen LogP contribution in [0.25, 0.3) is 0 Å². The van der Waals surface area contributed by atoms with Crippen molar-refractivity contribution in [3.05, 3.63) is 17.5 Å². The molecule has 3 amide bonds. The summed E-state index contributed by atoms with van der Waals surface area (Å²) in [6.07, 6.45) is 2.14. The molecule has 3 rings (SSSR count). The number of nitrogens with one attached hydrogen (secondary N) is 2. The van der Waals surface area contributed by atoms with Crippen LogP contribution in [0.2, 0.25) is 0 Å². The summed E-state index contributed by atoms with van der Waals surface area (Å²) in [5.41, 5.74) is 1.14. The lowest BCUT2D eigenvalue weighted by atomic mass is 9.88. The highest BCUT2D eigenvalue weighted by Gasteiger charge is 2.51. The first kappa shape index (κ1) is 14.1. The molecule has 2 aliphatic heterocycles. The molecular weight excluding hydrogens is 270 g/mol. The van der Waals surface area contributed by atoms with Crippen LogP contribution >= 0.6 is 0 Å². The molecule has 7 nitrogen and oxygen atoms in total. The second-order valence-corrected chi connectivity index (χ2v) is 5.76. The lowest BCUT2D eigenvalue weighted by Gasteiger charge is -2.31. The third kappa shape index (κ3) is 2.31. The summed E-state index contributed by atoms with van der Waals surface area (Å²) in [5.74, 6) is -0.103. The van der Waals surface area contributed by atoms with Gasteiger partial charge in [-0.2, -0.15) is 5.10 Å². The Morgan fingerprint density at radius 1 is 1.33 bits per heavy atom. The molecule has 7 heteroatoms. The highest BCUT2D eigenvalue weighted by atomic mass is 16.2. The van der Waals surface area contributed by atoms with Gasteiger partial charge in [0.05, 0.1) is 17.9 Å². The van der Waals surface area contributed by atoms with Crippen molar-refractivity contribution in [3.8, 4) is 0 Å². The largest absolute Gasteiger partial charge is 0.325 e. The molecule has 2 fully saturated rings. The minimum absolute atomic E-state index is 0.103. The average Bonchev–Trinajstić information content (AvgIpc) is 2.94. The number of imide groups is 1. The minimum atomic E-state index is -0.700. The number of amides is 3. The highest BCUT2D eigenvalue weighted by molar-refractivity contribution is 6.07. The molecule has 0 bridgehead atoms. The summed E-state index contributed by atoms with van der Waals surface area (Å²) < 4.78 is 1.74. The van der Waals surface area contributed by atoms with Crippen molar-refractivity contribution < 1.29 is 9.59 Å². The molecule has 2 N–H and O–H groups in total. The zero-order chi connectivity index (χ0) is 15.0. The summed E-state index contributed by atoms with van der Waals surface area (Å²) >= 11 is 0. The number of carbonyl (C=O) groups excluding carboxylic acids is 2. The molecule has 0 aliphatic carbocycles. The van der Waals surface area contributed by atoms with E-state index in [4.69, 9.17) is 0 Å². The fourth-order valence-corrected chi connectivity index (χ4v) is 3.07. The second-order valence-electron chi connectivity index (χ2n) is 5.76. The van der Waals surface area contributed by atoms with Gasteiger partial charge in [0.2, 0.25) is 0 Å². The van der Waals surface area contributed by atoms with Crippen LogP contribution in [-0.2, 0) is 24.8 Å². The Morgan fingerprint density at radius 3 is 2.67 bits per heavy atom. The summed E-state index contributed by atoms with van der Waals surface area (Å²) in [6.45, 7) is 3.82. The van der Waals surface area contributed by atoms with Gasteiger partial charge in [-0.3, -0.25) is 14.4 Å². The summed E-state index contributed by atoms with van der Waals surface area (Å²) in [6, 6.07) is 1.66. The van der Waals surface area contributed by atoms with E-state index in [0.717, 1.165) is 30.9 Å². The minimum Gasteiger partial charge on any atom is -0.323 e. The van der Waals surface area contributed by atoms with E-state index in [2.05, 4.69) is 15.7 Å². The van der Waals surface area contributed by atoms with Crippen LogP contribution in [0.4, 0.5) is 4.79 Å². The number of nitrogens with zero attached hydrogens (tertiary/aromatic N) is 3. The SMILES string of the molecule is CCc1cc(CN2C(=O)NC3(CCNCC3)C2=O)n(C)n1. The summed E-state index contributed by atoms with van der Waals surface area (Å²) in [5, 5.41) is 10.5. The van der Waals surface area contributed by atoms with Gasteiger partial charge < -0.3 is 10.6 Å². The van der Waals surface area contributed by atoms with Crippen molar-refractivity contribution in [1.82, 2.24) is 25.3 Å². The number of carbonyl (C=O) groups is 2. The van der Waals surface area contributed by atoms with Crippen LogP contribution in [0, 0.1) is 0 Å². The van der Waals surface area contributed by atoms with Crippen LogP contribution in [0.5, 0.6) is 0 Å². The fourth-order valence-electron chi connectivity index (χ4n) is 3.07. The standard InChI is InChI=1S/C14H21N5O2/c1-3-10-8-11(18(2)17-10)9-19-12(20)14(16-13(19)21)4-6-15-7-5-14/h8,15H,3-7,9H2,1-2H3,(H,16,21). The van der Waals surface area contributed by atoms with Crippen molar-refractivity contribution >= 4 is 11.9 Å². The van der Waals surface area contributed by atoms with Crippen LogP contribution in [0.15, 0.2) is 6.07 Å². The smallest absolute Gasteiger partial charge is 0.323 e. The second kappa shape index (κ2) is 5.14. The molecular formula is C14H21N5O2. The van der Waals surface area contributed by atoms with Gasteiger partial charge in [0.1, 0.15) is 5.54 Å². The Morgan fingerprint density at radius 2 is 2.05 bits per heavy atom. The van der Waals surface area contributed by atoms with Gasteiger partial charge in [0, 0.05) is 7.05 Å². The van der Waals surface area contributed by atoms with Gasteiger partial charge >= 0.3 is 6.03 Å². The topological polar surface area (TPSA) is 79.3 Å². The number of aryl methyl sites for hydroxylation is 2. The molecule has 0 aromatic carbocycles. The normalized spacial score (nSPS) is 21.1.